The van der Waals surface area contributed by atoms with Crippen molar-refractivity contribution in [2.45, 2.75) is 228 Å². The van der Waals surface area contributed by atoms with Crippen LogP contribution in [0.1, 0.15) is 228 Å². The van der Waals surface area contributed by atoms with Crippen molar-refractivity contribution in [1.29, 1.82) is 0 Å². The maximum atomic E-state index is 14.4. The molecule has 4 N–H and O–H groups in total. The van der Waals surface area contributed by atoms with E-state index in [1.165, 1.54) is 86.8 Å². The maximum Gasteiger partial charge on any atom is 0.242 e. The summed E-state index contributed by atoms with van der Waals surface area (Å²) in [6, 6.07) is 0. The fraction of sp³-hybridized carbons (Fsp3) is 0.889. The van der Waals surface area contributed by atoms with Crippen LogP contribution in [0.2, 0.25) is 0 Å². The van der Waals surface area contributed by atoms with Gasteiger partial charge in [0.1, 0.15) is 0 Å². The first kappa shape index (κ1) is 63.8. The highest BCUT2D eigenvalue weighted by atomic mass is 16.2. The molecule has 0 heterocycles. The summed E-state index contributed by atoms with van der Waals surface area (Å²) in [4.78, 5) is 89.1. The lowest BCUT2D eigenvalue weighted by molar-refractivity contribution is -0.147. The molecule has 0 rings (SSSR count). The minimum absolute atomic E-state index is 0.104. The standard InChI is InChI=1S/C54H105N7O6/c1-7-13-17-19-21-23-25-27-29-31-37-58(51(64)43-57(47-62)40-48(11-5)34-15-9-3)44-53(66)60(39-33-36-55)45-52(65)59(38-32-30-28-26-24-22-20-18-14-8-2)46-54(67)61(42-50(56)63)41-49(12-6)35-16-10-4/h47-49H,7-46,55H2,1-6H3,(H2,56,63). The number of nitrogens with two attached hydrogens (primary N) is 2. The van der Waals surface area contributed by atoms with Crippen LogP contribution in [0.15, 0.2) is 0 Å². The molecule has 0 aromatic carbocycles. The summed E-state index contributed by atoms with van der Waals surface area (Å²) in [6.07, 6.45) is 31.7. The molecule has 13 heteroatoms. The zero-order valence-electron chi connectivity index (χ0n) is 44.4. The van der Waals surface area contributed by atoms with Crippen LogP contribution in [0.4, 0.5) is 0 Å². The number of unbranched alkanes of at least 4 members (excludes halogenated alkanes) is 20. The van der Waals surface area contributed by atoms with Gasteiger partial charge < -0.3 is 36.0 Å². The number of carbonyl (C=O) groups excluding carboxylic acids is 6. The monoisotopic (exact) mass is 948 g/mol. The molecule has 0 radical (unpaired) electrons. The average Bonchev–Trinajstić information content (AvgIpc) is 3.31. The van der Waals surface area contributed by atoms with E-state index >= 15 is 0 Å². The Hall–Kier alpha value is -3.22. The van der Waals surface area contributed by atoms with Crippen molar-refractivity contribution in [1.82, 2.24) is 24.5 Å². The lowest BCUT2D eigenvalue weighted by Crippen LogP contribution is -2.52. The Bertz CT molecular complexity index is 1270. The van der Waals surface area contributed by atoms with E-state index in [0.29, 0.717) is 51.5 Å². The van der Waals surface area contributed by atoms with Crippen molar-refractivity contribution in [2.75, 3.05) is 72.0 Å². The summed E-state index contributed by atoms with van der Waals surface area (Å²) < 4.78 is 0. The van der Waals surface area contributed by atoms with Gasteiger partial charge in [-0.05, 0) is 50.5 Å². The molecule has 0 aromatic rings. The highest BCUT2D eigenvalue weighted by Crippen LogP contribution is 2.18. The topological polar surface area (TPSA) is 171 Å². The molecule has 13 nitrogen and oxygen atoms in total. The maximum absolute atomic E-state index is 14.4. The summed E-state index contributed by atoms with van der Waals surface area (Å²) >= 11 is 0. The number of hydrogen-bond acceptors (Lipinski definition) is 7. The third kappa shape index (κ3) is 33.8. The van der Waals surface area contributed by atoms with Crippen LogP contribution in [-0.2, 0) is 28.8 Å². The Labute approximate surface area is 411 Å². The molecule has 67 heavy (non-hydrogen) atoms. The van der Waals surface area contributed by atoms with Crippen LogP contribution < -0.4 is 11.5 Å². The number of rotatable bonds is 48. The Kier molecular flexibility index (Phi) is 41.9. The van der Waals surface area contributed by atoms with E-state index in [2.05, 4.69) is 41.5 Å². The Morgan fingerprint density at radius 1 is 0.403 bits per heavy atom. The Morgan fingerprint density at radius 3 is 1.07 bits per heavy atom. The summed E-state index contributed by atoms with van der Waals surface area (Å²) in [7, 11) is 0. The van der Waals surface area contributed by atoms with Gasteiger partial charge in [0, 0.05) is 32.7 Å². The number of primary amides is 1. The molecule has 0 aliphatic heterocycles. The van der Waals surface area contributed by atoms with Gasteiger partial charge in [0.15, 0.2) is 0 Å². The fourth-order valence-corrected chi connectivity index (χ4v) is 8.87. The van der Waals surface area contributed by atoms with Crippen LogP contribution in [-0.4, -0.2) is 132 Å². The van der Waals surface area contributed by atoms with Gasteiger partial charge in [-0.1, -0.05) is 196 Å². The number of nitrogens with zero attached hydrogens (tertiary/aromatic N) is 5. The SMILES string of the molecule is CCCCCCCCCCCCN(CC(=O)N(CCCN)CC(=O)N(CCCCCCCCCCCC)CC(=O)N(CC(N)=O)CC(CC)CCCC)C(=O)CN(C=O)CC(CC)CCCC. The minimum Gasteiger partial charge on any atom is -0.368 e. The third-order valence-corrected chi connectivity index (χ3v) is 13.5. The summed E-state index contributed by atoms with van der Waals surface area (Å²) in [5.74, 6) is -1.43. The predicted octanol–water partition coefficient (Wildman–Crippen LogP) is 9.87. The van der Waals surface area contributed by atoms with E-state index in [4.69, 9.17) is 11.5 Å². The van der Waals surface area contributed by atoms with Crippen LogP contribution in [0, 0.1) is 11.8 Å². The summed E-state index contributed by atoms with van der Waals surface area (Å²) in [6.45, 7) is 14.1. The van der Waals surface area contributed by atoms with Gasteiger partial charge in [-0.2, -0.15) is 0 Å². The van der Waals surface area contributed by atoms with Crippen LogP contribution in [0.5, 0.6) is 0 Å². The van der Waals surface area contributed by atoms with E-state index in [9.17, 15) is 28.8 Å². The van der Waals surface area contributed by atoms with Crippen molar-refractivity contribution in [3.05, 3.63) is 0 Å². The molecule has 0 fully saturated rings. The molecular weight excluding hydrogens is 843 g/mol. The van der Waals surface area contributed by atoms with E-state index in [1.807, 2.05) is 0 Å². The van der Waals surface area contributed by atoms with Crippen molar-refractivity contribution >= 4 is 35.9 Å². The molecule has 0 aromatic heterocycles. The first-order chi connectivity index (χ1) is 32.4. The van der Waals surface area contributed by atoms with Gasteiger partial charge in [-0.15, -0.1) is 0 Å². The van der Waals surface area contributed by atoms with E-state index in [-0.39, 0.29) is 68.8 Å². The predicted molar refractivity (Wildman–Crippen MR) is 277 cm³/mol. The second-order valence-corrected chi connectivity index (χ2v) is 19.6. The molecule has 392 valence electrons. The molecule has 0 saturated heterocycles. The molecule has 0 bridgehead atoms. The fourth-order valence-electron chi connectivity index (χ4n) is 8.87. The highest BCUT2D eigenvalue weighted by molar-refractivity contribution is 5.91. The van der Waals surface area contributed by atoms with E-state index in [1.54, 1.807) is 14.7 Å². The largest absolute Gasteiger partial charge is 0.368 e. The number of hydrogen-bond donors (Lipinski definition) is 2. The van der Waals surface area contributed by atoms with Crippen LogP contribution in [0.3, 0.4) is 0 Å². The number of amides is 6. The first-order valence-corrected chi connectivity index (χ1v) is 27.7. The lowest BCUT2D eigenvalue weighted by atomic mass is 9.98. The zero-order chi connectivity index (χ0) is 49.9. The molecule has 0 aliphatic carbocycles. The molecule has 2 unspecified atom stereocenters. The molecule has 0 spiro atoms. The molecular formula is C54H105N7O6. The van der Waals surface area contributed by atoms with Crippen molar-refractivity contribution in [3.63, 3.8) is 0 Å². The quantitative estimate of drug-likeness (QED) is 0.0452. The van der Waals surface area contributed by atoms with Gasteiger partial charge in [0.25, 0.3) is 0 Å². The Morgan fingerprint density at radius 2 is 0.731 bits per heavy atom. The second-order valence-electron chi connectivity index (χ2n) is 19.6. The van der Waals surface area contributed by atoms with Crippen LogP contribution in [0.25, 0.3) is 0 Å². The molecule has 6 amide bonds. The van der Waals surface area contributed by atoms with Gasteiger partial charge >= 0.3 is 0 Å². The van der Waals surface area contributed by atoms with Crippen molar-refractivity contribution < 1.29 is 28.8 Å². The van der Waals surface area contributed by atoms with Crippen LogP contribution >= 0.6 is 0 Å². The van der Waals surface area contributed by atoms with E-state index in [0.717, 1.165) is 103 Å². The Balaban J connectivity index is 6.33. The summed E-state index contributed by atoms with van der Waals surface area (Å²) in [5, 5.41) is 0. The normalized spacial score (nSPS) is 12.1. The summed E-state index contributed by atoms with van der Waals surface area (Å²) in [5.41, 5.74) is 11.6. The highest BCUT2D eigenvalue weighted by Gasteiger charge is 2.28. The van der Waals surface area contributed by atoms with Crippen molar-refractivity contribution in [2.24, 2.45) is 23.3 Å². The van der Waals surface area contributed by atoms with Gasteiger partial charge in [0.2, 0.25) is 35.9 Å². The lowest BCUT2D eigenvalue weighted by Gasteiger charge is -2.32. The second kappa shape index (κ2) is 44.0. The minimum atomic E-state index is -0.598. The zero-order valence-corrected chi connectivity index (χ0v) is 44.4. The molecule has 0 aliphatic rings. The molecule has 0 saturated carbocycles. The smallest absolute Gasteiger partial charge is 0.242 e. The van der Waals surface area contributed by atoms with Gasteiger partial charge in [-0.3, -0.25) is 28.8 Å². The van der Waals surface area contributed by atoms with Gasteiger partial charge in [0.05, 0.1) is 32.7 Å². The number of carbonyl (C=O) groups is 6. The van der Waals surface area contributed by atoms with Gasteiger partial charge in [-0.25, -0.2) is 0 Å². The average molecular weight is 948 g/mol. The van der Waals surface area contributed by atoms with E-state index < -0.39 is 5.91 Å². The molecule has 2 atom stereocenters. The first-order valence-electron chi connectivity index (χ1n) is 27.7. The third-order valence-electron chi connectivity index (χ3n) is 13.5. The van der Waals surface area contributed by atoms with Crippen molar-refractivity contribution in [3.8, 4) is 0 Å².